The van der Waals surface area contributed by atoms with Crippen molar-refractivity contribution in [2.24, 2.45) is 0 Å². The maximum Gasteiger partial charge on any atom is 0.207 e. The Balaban J connectivity index is 2.18. The second-order valence-electron chi connectivity index (χ2n) is 3.37. The molecule has 1 aromatic rings. The van der Waals surface area contributed by atoms with E-state index in [0.29, 0.717) is 6.04 Å². The first kappa shape index (κ1) is 10.1. The number of hydrogen-bond acceptors (Lipinski definition) is 5. The van der Waals surface area contributed by atoms with E-state index < -0.39 is 0 Å². The lowest BCUT2D eigenvalue weighted by molar-refractivity contribution is 0.137. The number of H-pyrrole nitrogens is 1. The van der Waals surface area contributed by atoms with Crippen LogP contribution >= 0.6 is 23.6 Å². The highest BCUT2D eigenvalue weighted by molar-refractivity contribution is 7.73. The summed E-state index contributed by atoms with van der Waals surface area (Å²) in [5, 5.41) is 7.98. The molecule has 0 saturated carbocycles. The van der Waals surface area contributed by atoms with Gasteiger partial charge in [-0.25, -0.2) is 0 Å². The molecule has 1 unspecified atom stereocenters. The molecule has 2 rings (SSSR count). The monoisotopic (exact) mass is 231 g/mol. The topological polar surface area (TPSA) is 41.1 Å². The van der Waals surface area contributed by atoms with Crippen molar-refractivity contribution in [2.45, 2.75) is 19.4 Å². The van der Waals surface area contributed by atoms with Gasteiger partial charge >= 0.3 is 0 Å². The summed E-state index contributed by atoms with van der Waals surface area (Å²) >= 11 is 6.54. The minimum atomic E-state index is 0.381. The van der Waals surface area contributed by atoms with Crippen molar-refractivity contribution in [3.63, 3.8) is 0 Å². The Morgan fingerprint density at radius 2 is 2.57 bits per heavy atom. The summed E-state index contributed by atoms with van der Waals surface area (Å²) in [6, 6.07) is 0.381. The van der Waals surface area contributed by atoms with Crippen molar-refractivity contribution in [1.82, 2.24) is 10.2 Å². The summed E-state index contributed by atoms with van der Waals surface area (Å²) in [6.07, 6.45) is 1.05. The Hall–Kier alpha value is -0.460. The van der Waals surface area contributed by atoms with E-state index in [2.05, 4.69) is 22.0 Å². The van der Waals surface area contributed by atoms with Crippen LogP contribution in [-0.4, -0.2) is 36.0 Å². The third kappa shape index (κ3) is 2.13. The van der Waals surface area contributed by atoms with Gasteiger partial charge in [0.15, 0.2) is 3.95 Å². The van der Waals surface area contributed by atoms with Gasteiger partial charge in [0.1, 0.15) is 0 Å². The van der Waals surface area contributed by atoms with Crippen molar-refractivity contribution in [3.8, 4) is 0 Å². The molecule has 1 atom stereocenters. The number of anilines is 1. The lowest BCUT2D eigenvalue weighted by Crippen LogP contribution is -2.34. The Bertz CT molecular complexity index is 348. The SMILES string of the molecule is CC1COCCCN1c1n[nH]c(=S)s1. The third-order valence-electron chi connectivity index (χ3n) is 2.25. The number of rotatable bonds is 1. The third-order valence-corrected chi connectivity index (χ3v) is 3.38. The number of nitrogens with zero attached hydrogens (tertiary/aromatic N) is 2. The number of hydrogen-bond donors (Lipinski definition) is 1. The quantitative estimate of drug-likeness (QED) is 0.749. The van der Waals surface area contributed by atoms with Crippen molar-refractivity contribution < 1.29 is 4.74 Å². The molecule has 2 heterocycles. The van der Waals surface area contributed by atoms with Crippen LogP contribution in [0, 0.1) is 3.95 Å². The first-order chi connectivity index (χ1) is 6.77. The molecule has 14 heavy (non-hydrogen) atoms. The van der Waals surface area contributed by atoms with E-state index in [1.54, 1.807) is 0 Å². The number of aromatic amines is 1. The summed E-state index contributed by atoms with van der Waals surface area (Å²) in [4.78, 5) is 2.25. The molecule has 1 N–H and O–H groups in total. The van der Waals surface area contributed by atoms with Crippen molar-refractivity contribution in [1.29, 1.82) is 0 Å². The van der Waals surface area contributed by atoms with Gasteiger partial charge < -0.3 is 9.64 Å². The fourth-order valence-corrected chi connectivity index (χ4v) is 2.54. The normalized spacial score (nSPS) is 23.5. The lowest BCUT2D eigenvalue weighted by atomic mass is 10.3. The van der Waals surface area contributed by atoms with E-state index in [-0.39, 0.29) is 0 Å². The molecule has 0 bridgehead atoms. The highest BCUT2D eigenvalue weighted by Crippen LogP contribution is 2.21. The van der Waals surface area contributed by atoms with Gasteiger partial charge in [0.25, 0.3) is 0 Å². The van der Waals surface area contributed by atoms with Crippen LogP contribution in [0.5, 0.6) is 0 Å². The van der Waals surface area contributed by atoms with Crippen LogP contribution in [0.1, 0.15) is 13.3 Å². The minimum absolute atomic E-state index is 0.381. The fourth-order valence-electron chi connectivity index (χ4n) is 1.53. The molecule has 1 aromatic heterocycles. The second-order valence-corrected chi connectivity index (χ2v) is 5.01. The molecular weight excluding hydrogens is 218 g/mol. The molecule has 0 spiro atoms. The maximum atomic E-state index is 5.46. The van der Waals surface area contributed by atoms with E-state index >= 15 is 0 Å². The zero-order valence-electron chi connectivity index (χ0n) is 8.02. The molecule has 0 amide bonds. The minimum Gasteiger partial charge on any atom is -0.379 e. The van der Waals surface area contributed by atoms with Crippen molar-refractivity contribution in [2.75, 3.05) is 24.7 Å². The highest BCUT2D eigenvalue weighted by atomic mass is 32.1. The Labute approximate surface area is 91.9 Å². The zero-order chi connectivity index (χ0) is 9.97. The average molecular weight is 231 g/mol. The predicted octanol–water partition coefficient (Wildman–Crippen LogP) is 1.82. The van der Waals surface area contributed by atoms with E-state index in [0.717, 1.165) is 35.3 Å². The van der Waals surface area contributed by atoms with E-state index in [9.17, 15) is 0 Å². The van der Waals surface area contributed by atoms with Gasteiger partial charge in [0, 0.05) is 13.2 Å². The highest BCUT2D eigenvalue weighted by Gasteiger charge is 2.19. The largest absolute Gasteiger partial charge is 0.379 e. The average Bonchev–Trinajstić information content (AvgIpc) is 2.46. The molecule has 1 saturated heterocycles. The van der Waals surface area contributed by atoms with Crippen LogP contribution in [0.25, 0.3) is 0 Å². The van der Waals surface area contributed by atoms with Crippen LogP contribution in [0.2, 0.25) is 0 Å². The molecule has 1 fully saturated rings. The van der Waals surface area contributed by atoms with Gasteiger partial charge in [-0.05, 0) is 25.6 Å². The number of aromatic nitrogens is 2. The Kier molecular flexibility index (Phi) is 3.15. The van der Waals surface area contributed by atoms with Gasteiger partial charge in [0.2, 0.25) is 5.13 Å². The summed E-state index contributed by atoms with van der Waals surface area (Å²) in [7, 11) is 0. The molecule has 0 aromatic carbocycles. The molecule has 0 aliphatic carbocycles. The summed E-state index contributed by atoms with van der Waals surface area (Å²) in [6.45, 7) is 4.76. The smallest absolute Gasteiger partial charge is 0.207 e. The van der Waals surface area contributed by atoms with Crippen LogP contribution in [-0.2, 0) is 4.74 Å². The summed E-state index contributed by atoms with van der Waals surface area (Å²) in [5.41, 5.74) is 0. The molecule has 1 aliphatic heterocycles. The summed E-state index contributed by atoms with van der Waals surface area (Å²) < 4.78 is 6.20. The Morgan fingerprint density at radius 3 is 3.29 bits per heavy atom. The lowest BCUT2D eigenvalue weighted by Gasteiger charge is -2.24. The van der Waals surface area contributed by atoms with Crippen molar-refractivity contribution >= 4 is 28.7 Å². The standard InChI is InChI=1S/C8H13N3OS2/c1-6-5-12-4-2-3-11(6)7-9-10-8(13)14-7/h6H,2-5H2,1H3,(H,10,13). The molecule has 78 valence electrons. The van der Waals surface area contributed by atoms with Gasteiger partial charge in [0.05, 0.1) is 12.6 Å². The number of nitrogens with one attached hydrogen (secondary N) is 1. The first-order valence-electron chi connectivity index (χ1n) is 4.67. The maximum absolute atomic E-state index is 5.46. The molecule has 6 heteroatoms. The van der Waals surface area contributed by atoms with Crippen LogP contribution in [0.3, 0.4) is 0 Å². The number of ether oxygens (including phenoxy) is 1. The van der Waals surface area contributed by atoms with E-state index in [1.165, 1.54) is 11.3 Å². The second kappa shape index (κ2) is 4.37. The van der Waals surface area contributed by atoms with E-state index in [4.69, 9.17) is 17.0 Å². The summed E-state index contributed by atoms with van der Waals surface area (Å²) in [5.74, 6) is 0. The molecule has 0 radical (unpaired) electrons. The van der Waals surface area contributed by atoms with Gasteiger partial charge in [-0.1, -0.05) is 11.3 Å². The zero-order valence-corrected chi connectivity index (χ0v) is 9.66. The van der Waals surface area contributed by atoms with Crippen LogP contribution in [0.15, 0.2) is 0 Å². The molecule has 4 nitrogen and oxygen atoms in total. The Morgan fingerprint density at radius 1 is 1.71 bits per heavy atom. The van der Waals surface area contributed by atoms with Crippen LogP contribution in [0.4, 0.5) is 5.13 Å². The molecule has 1 aliphatic rings. The van der Waals surface area contributed by atoms with Crippen molar-refractivity contribution in [3.05, 3.63) is 3.95 Å². The van der Waals surface area contributed by atoms with Gasteiger partial charge in [-0.2, -0.15) is 0 Å². The molecular formula is C8H13N3OS2. The predicted molar refractivity (Wildman–Crippen MR) is 59.5 cm³/mol. The fraction of sp³-hybridized carbons (Fsp3) is 0.750. The van der Waals surface area contributed by atoms with Gasteiger partial charge in [-0.3, -0.25) is 5.10 Å². The van der Waals surface area contributed by atoms with Crippen LogP contribution < -0.4 is 4.90 Å². The van der Waals surface area contributed by atoms with Gasteiger partial charge in [-0.15, -0.1) is 5.10 Å². The van der Waals surface area contributed by atoms with E-state index in [1.807, 2.05) is 0 Å². The first-order valence-corrected chi connectivity index (χ1v) is 5.90.